The molecule has 0 aliphatic rings. The van der Waals surface area contributed by atoms with Crippen molar-refractivity contribution in [3.05, 3.63) is 27.4 Å². The summed E-state index contributed by atoms with van der Waals surface area (Å²) in [5, 5.41) is 12.1. The van der Waals surface area contributed by atoms with Gasteiger partial charge in [0.2, 0.25) is 5.91 Å². The van der Waals surface area contributed by atoms with Crippen molar-refractivity contribution in [2.24, 2.45) is 5.92 Å². The van der Waals surface area contributed by atoms with Crippen LogP contribution in [0.1, 0.15) is 37.2 Å². The number of aliphatic hydroxyl groups is 1. The lowest BCUT2D eigenvalue weighted by molar-refractivity contribution is -0.121. The van der Waals surface area contributed by atoms with Gasteiger partial charge in [-0.25, -0.2) is 4.79 Å². The van der Waals surface area contributed by atoms with E-state index in [1.807, 2.05) is 13.8 Å². The fraction of sp³-hybridized carbons (Fsp3) is 0.643. The molecule has 0 aromatic carbocycles. The van der Waals surface area contributed by atoms with Gasteiger partial charge >= 0.3 is 5.69 Å². The van der Waals surface area contributed by atoms with Gasteiger partial charge in [0.05, 0.1) is 19.1 Å². The molecule has 1 heterocycles. The first-order valence-electron chi connectivity index (χ1n) is 6.80. The fourth-order valence-corrected chi connectivity index (χ4v) is 2.20. The van der Waals surface area contributed by atoms with E-state index >= 15 is 0 Å². The van der Waals surface area contributed by atoms with Crippen molar-refractivity contribution in [2.45, 2.75) is 46.6 Å². The maximum absolute atomic E-state index is 12.0. The first kappa shape index (κ1) is 16.4. The third kappa shape index (κ3) is 4.77. The Morgan fingerprint density at radius 1 is 1.40 bits per heavy atom. The minimum atomic E-state index is -0.405. The number of H-pyrrole nitrogens is 1. The number of carbonyl (C=O) groups excluding carboxylic acids is 1. The number of nitrogens with zero attached hydrogens (tertiary/aromatic N) is 1. The molecule has 0 spiro atoms. The highest BCUT2D eigenvalue weighted by molar-refractivity contribution is 5.79. The van der Waals surface area contributed by atoms with Crippen molar-refractivity contribution in [1.29, 1.82) is 0 Å². The summed E-state index contributed by atoms with van der Waals surface area (Å²) in [6.45, 7) is 7.45. The number of aromatic nitrogens is 2. The molecule has 6 heteroatoms. The standard InChI is InChI=1S/C14H23N3O3/c1-8(2)5-11(7-18)17-13(19)6-12-9(3)15-14(20)16-10(12)4/h8,11,18H,5-7H2,1-4H3,(H,17,19)(H,15,16,20). The number of amides is 1. The Balaban J connectivity index is 2.74. The normalized spacial score (nSPS) is 12.5. The Hall–Kier alpha value is -1.69. The summed E-state index contributed by atoms with van der Waals surface area (Å²) in [4.78, 5) is 29.6. The van der Waals surface area contributed by atoms with Gasteiger partial charge in [-0.05, 0) is 26.2 Å². The molecular weight excluding hydrogens is 258 g/mol. The second kappa shape index (κ2) is 7.19. The highest BCUT2D eigenvalue weighted by atomic mass is 16.3. The molecule has 1 unspecified atom stereocenters. The predicted molar refractivity (Wildman–Crippen MR) is 76.5 cm³/mol. The molecule has 0 radical (unpaired) electrons. The summed E-state index contributed by atoms with van der Waals surface area (Å²) in [5.74, 6) is 0.218. The fourth-order valence-electron chi connectivity index (χ4n) is 2.20. The Bertz CT molecular complexity index is 497. The van der Waals surface area contributed by atoms with E-state index in [-0.39, 0.29) is 25.0 Å². The number of hydrogen-bond donors (Lipinski definition) is 3. The molecule has 1 rings (SSSR count). The highest BCUT2D eigenvalue weighted by Crippen LogP contribution is 2.09. The summed E-state index contributed by atoms with van der Waals surface area (Å²) in [6.07, 6.45) is 0.875. The van der Waals surface area contributed by atoms with Gasteiger partial charge in [-0.1, -0.05) is 13.8 Å². The van der Waals surface area contributed by atoms with Gasteiger partial charge in [-0.3, -0.25) is 4.79 Å². The van der Waals surface area contributed by atoms with Crippen molar-refractivity contribution < 1.29 is 9.90 Å². The highest BCUT2D eigenvalue weighted by Gasteiger charge is 2.15. The van der Waals surface area contributed by atoms with E-state index in [9.17, 15) is 14.7 Å². The van der Waals surface area contributed by atoms with Gasteiger partial charge in [0.15, 0.2) is 0 Å². The van der Waals surface area contributed by atoms with Crippen LogP contribution in [-0.4, -0.2) is 33.6 Å². The smallest absolute Gasteiger partial charge is 0.345 e. The molecular formula is C14H23N3O3. The van der Waals surface area contributed by atoms with Crippen molar-refractivity contribution in [1.82, 2.24) is 15.3 Å². The van der Waals surface area contributed by atoms with E-state index in [4.69, 9.17) is 0 Å². The lowest BCUT2D eigenvalue weighted by Gasteiger charge is -2.18. The molecule has 1 aromatic rings. The number of aliphatic hydroxyl groups excluding tert-OH is 1. The second-order valence-electron chi connectivity index (χ2n) is 5.48. The lowest BCUT2D eigenvalue weighted by atomic mass is 10.0. The van der Waals surface area contributed by atoms with Gasteiger partial charge < -0.3 is 15.4 Å². The molecule has 3 N–H and O–H groups in total. The van der Waals surface area contributed by atoms with Crippen LogP contribution in [-0.2, 0) is 11.2 Å². The molecule has 0 aliphatic carbocycles. The molecule has 0 bridgehead atoms. The van der Waals surface area contributed by atoms with Crippen molar-refractivity contribution >= 4 is 5.91 Å². The maximum atomic E-state index is 12.0. The minimum absolute atomic E-state index is 0.0776. The number of carbonyl (C=O) groups is 1. The minimum Gasteiger partial charge on any atom is -0.394 e. The quantitative estimate of drug-likeness (QED) is 0.705. The van der Waals surface area contributed by atoms with E-state index in [2.05, 4.69) is 15.3 Å². The van der Waals surface area contributed by atoms with Crippen LogP contribution in [0.3, 0.4) is 0 Å². The predicted octanol–water partition coefficient (Wildman–Crippen LogP) is 0.452. The SMILES string of the molecule is Cc1nc(=O)[nH]c(C)c1CC(=O)NC(CO)CC(C)C. The molecule has 0 fully saturated rings. The first-order valence-corrected chi connectivity index (χ1v) is 6.80. The summed E-state index contributed by atoms with van der Waals surface area (Å²) in [5.41, 5.74) is 1.54. The summed E-state index contributed by atoms with van der Waals surface area (Å²) in [7, 11) is 0. The van der Waals surface area contributed by atoms with Crippen LogP contribution >= 0.6 is 0 Å². The van der Waals surface area contributed by atoms with Crippen LogP contribution in [0.2, 0.25) is 0 Å². The van der Waals surface area contributed by atoms with Crippen LogP contribution in [0.5, 0.6) is 0 Å². The van der Waals surface area contributed by atoms with E-state index < -0.39 is 5.69 Å². The molecule has 1 amide bonds. The van der Waals surface area contributed by atoms with E-state index in [1.54, 1.807) is 13.8 Å². The van der Waals surface area contributed by atoms with Crippen LogP contribution in [0.4, 0.5) is 0 Å². The number of nitrogens with one attached hydrogen (secondary N) is 2. The molecule has 0 saturated carbocycles. The third-order valence-corrected chi connectivity index (χ3v) is 3.13. The topological polar surface area (TPSA) is 95.1 Å². The van der Waals surface area contributed by atoms with Crippen molar-refractivity contribution in [3.63, 3.8) is 0 Å². The van der Waals surface area contributed by atoms with E-state index in [0.717, 1.165) is 12.0 Å². The van der Waals surface area contributed by atoms with Gasteiger partial charge in [0.25, 0.3) is 0 Å². The molecule has 6 nitrogen and oxygen atoms in total. The zero-order valence-electron chi connectivity index (χ0n) is 12.5. The Labute approximate surface area is 118 Å². The van der Waals surface area contributed by atoms with Crippen LogP contribution in [0.15, 0.2) is 4.79 Å². The molecule has 0 saturated heterocycles. The van der Waals surface area contributed by atoms with Gasteiger partial charge in [0, 0.05) is 17.0 Å². The lowest BCUT2D eigenvalue weighted by Crippen LogP contribution is -2.39. The maximum Gasteiger partial charge on any atom is 0.345 e. The van der Waals surface area contributed by atoms with Gasteiger partial charge in [-0.15, -0.1) is 0 Å². The number of aromatic amines is 1. The monoisotopic (exact) mass is 281 g/mol. The average Bonchev–Trinajstić information content (AvgIpc) is 2.32. The first-order chi connectivity index (χ1) is 9.33. The summed E-state index contributed by atoms with van der Waals surface area (Å²) in [6, 6.07) is -0.237. The molecule has 1 atom stereocenters. The van der Waals surface area contributed by atoms with Gasteiger partial charge in [0.1, 0.15) is 0 Å². The van der Waals surface area contributed by atoms with Crippen molar-refractivity contribution in [2.75, 3.05) is 6.61 Å². The van der Waals surface area contributed by atoms with Crippen LogP contribution in [0.25, 0.3) is 0 Å². The van der Waals surface area contributed by atoms with Crippen LogP contribution < -0.4 is 11.0 Å². The number of rotatable bonds is 6. The molecule has 112 valence electrons. The zero-order valence-corrected chi connectivity index (χ0v) is 12.5. The summed E-state index contributed by atoms with van der Waals surface area (Å²) < 4.78 is 0. The Morgan fingerprint density at radius 2 is 2.05 bits per heavy atom. The number of hydrogen-bond acceptors (Lipinski definition) is 4. The van der Waals surface area contributed by atoms with E-state index in [0.29, 0.717) is 17.3 Å². The van der Waals surface area contributed by atoms with Gasteiger partial charge in [-0.2, -0.15) is 4.98 Å². The number of aryl methyl sites for hydroxylation is 2. The Morgan fingerprint density at radius 3 is 2.55 bits per heavy atom. The average molecular weight is 281 g/mol. The third-order valence-electron chi connectivity index (χ3n) is 3.13. The molecule has 0 aliphatic heterocycles. The van der Waals surface area contributed by atoms with Crippen LogP contribution in [0, 0.1) is 19.8 Å². The van der Waals surface area contributed by atoms with Crippen molar-refractivity contribution in [3.8, 4) is 0 Å². The second-order valence-corrected chi connectivity index (χ2v) is 5.48. The Kier molecular flexibility index (Phi) is 5.88. The molecule has 1 aromatic heterocycles. The zero-order chi connectivity index (χ0) is 15.3. The summed E-state index contributed by atoms with van der Waals surface area (Å²) >= 11 is 0. The van der Waals surface area contributed by atoms with E-state index in [1.165, 1.54) is 0 Å². The molecule has 20 heavy (non-hydrogen) atoms. The largest absolute Gasteiger partial charge is 0.394 e.